The number of fused-ring (bicyclic) bond motifs is 6. The van der Waals surface area contributed by atoms with Gasteiger partial charge in [0.2, 0.25) is 0 Å². The number of hydrogen-bond acceptors (Lipinski definition) is 2. The summed E-state index contributed by atoms with van der Waals surface area (Å²) in [6.45, 7) is 0. The van der Waals surface area contributed by atoms with Gasteiger partial charge in [0.25, 0.3) is 0 Å². The standard InChI is InChI=1S/C34H21Cl.C28H17Br.C6H6BClO2/c35-25-16-14-24(15-17-25)26-18-21-31-32-29(26)12-7-13-30(32)33-27(22-8-3-1-4-9-22)19-20-28(34(31)33)23-10-5-2-6-11-23;29-25-17-16-24-26-22(25)12-7-13-23(26)27-20(18-8-3-1-4-9-18)14-15-21(28(24)27)19-10-5-2-6-11-19;8-6-3-1-5(2-4-6)7(9)10/h1-21H;1-17H;1-4,9-10H. The van der Waals surface area contributed by atoms with Gasteiger partial charge >= 0.3 is 7.12 Å². The second kappa shape index (κ2) is 20.3. The lowest BCUT2D eigenvalue weighted by Crippen LogP contribution is -2.29. The molecule has 0 aromatic heterocycles. The maximum Gasteiger partial charge on any atom is 0.488 e. The third-order valence-corrected chi connectivity index (χ3v) is 15.4. The van der Waals surface area contributed by atoms with Crippen LogP contribution in [0.15, 0.2) is 259 Å². The Morgan fingerprint density at radius 3 is 0.986 bits per heavy atom. The van der Waals surface area contributed by atoms with Crippen LogP contribution in [0.5, 0.6) is 0 Å². The molecule has 0 saturated heterocycles. The van der Waals surface area contributed by atoms with Crippen molar-refractivity contribution in [2.45, 2.75) is 0 Å². The van der Waals surface area contributed by atoms with Crippen LogP contribution in [0.2, 0.25) is 10.0 Å². The molecule has 0 atom stereocenters. The molecule has 14 rings (SSSR count). The van der Waals surface area contributed by atoms with Crippen LogP contribution in [0.4, 0.5) is 0 Å². The maximum atomic E-state index is 8.63. The molecule has 0 amide bonds. The zero-order valence-corrected chi connectivity index (χ0v) is 43.0. The fourth-order valence-corrected chi connectivity index (χ4v) is 11.6. The molecule has 6 heteroatoms. The Kier molecular flexibility index (Phi) is 12.9. The van der Waals surface area contributed by atoms with Crippen LogP contribution >= 0.6 is 39.1 Å². The van der Waals surface area contributed by atoms with Gasteiger partial charge in [0.1, 0.15) is 0 Å². The molecule has 0 aliphatic heterocycles. The Hall–Kier alpha value is -7.80. The number of hydrogen-bond donors (Lipinski definition) is 2. The van der Waals surface area contributed by atoms with Crippen molar-refractivity contribution in [1.29, 1.82) is 0 Å². The van der Waals surface area contributed by atoms with E-state index in [1.165, 1.54) is 122 Å². The van der Waals surface area contributed by atoms with Gasteiger partial charge in [-0.1, -0.05) is 264 Å². The van der Waals surface area contributed by atoms with Crippen LogP contribution in [0, 0.1) is 0 Å². The third kappa shape index (κ3) is 8.65. The third-order valence-electron chi connectivity index (χ3n) is 14.2. The molecule has 2 N–H and O–H groups in total. The fourth-order valence-electron chi connectivity index (χ4n) is 10.9. The Bertz CT molecular complexity index is 3890. The zero-order valence-electron chi connectivity index (χ0n) is 39.9. The molecule has 0 spiro atoms. The fraction of sp³-hybridized carbons (Fsp3) is 0. The number of benzene rings is 12. The molecule has 74 heavy (non-hydrogen) atoms. The zero-order chi connectivity index (χ0) is 50.3. The van der Waals surface area contributed by atoms with E-state index in [0.717, 1.165) is 9.50 Å². The molecule has 0 saturated carbocycles. The van der Waals surface area contributed by atoms with Crippen LogP contribution in [0.1, 0.15) is 0 Å². The first-order chi connectivity index (χ1) is 36.3. The summed E-state index contributed by atoms with van der Waals surface area (Å²) >= 11 is 15.5. The van der Waals surface area contributed by atoms with Crippen molar-refractivity contribution in [2.75, 3.05) is 0 Å². The van der Waals surface area contributed by atoms with E-state index in [-0.39, 0.29) is 0 Å². The predicted molar refractivity (Wildman–Crippen MR) is 318 cm³/mol. The van der Waals surface area contributed by atoms with Gasteiger partial charge in [-0.05, 0) is 157 Å². The second-order valence-electron chi connectivity index (χ2n) is 18.4. The molecule has 0 bridgehead atoms. The Morgan fingerprint density at radius 1 is 0.270 bits per heavy atom. The summed E-state index contributed by atoms with van der Waals surface area (Å²) in [7, 11) is -1.41. The predicted octanol–water partition coefficient (Wildman–Crippen LogP) is 18.7. The van der Waals surface area contributed by atoms with Crippen molar-refractivity contribution >= 4 is 73.3 Å². The first-order valence-electron chi connectivity index (χ1n) is 24.5. The van der Waals surface area contributed by atoms with Gasteiger partial charge in [-0.3, -0.25) is 0 Å². The quantitative estimate of drug-likeness (QED) is 0.163. The van der Waals surface area contributed by atoms with Crippen molar-refractivity contribution < 1.29 is 10.0 Å². The molecule has 0 radical (unpaired) electrons. The van der Waals surface area contributed by atoms with E-state index in [2.05, 4.69) is 234 Å². The van der Waals surface area contributed by atoms with Crippen molar-refractivity contribution in [3.63, 3.8) is 0 Å². The summed E-state index contributed by atoms with van der Waals surface area (Å²) in [6, 6.07) is 89.0. The minimum Gasteiger partial charge on any atom is -0.423 e. The lowest BCUT2D eigenvalue weighted by molar-refractivity contribution is 0.426. The van der Waals surface area contributed by atoms with Crippen LogP contribution in [-0.4, -0.2) is 17.2 Å². The first kappa shape index (κ1) is 47.2. The highest BCUT2D eigenvalue weighted by atomic mass is 79.9. The van der Waals surface area contributed by atoms with E-state index in [9.17, 15) is 0 Å². The van der Waals surface area contributed by atoms with E-state index < -0.39 is 7.12 Å². The minimum atomic E-state index is -1.41. The molecule has 2 aliphatic rings. The van der Waals surface area contributed by atoms with E-state index in [0.29, 0.717) is 10.5 Å². The Morgan fingerprint density at radius 2 is 0.581 bits per heavy atom. The van der Waals surface area contributed by atoms with E-state index >= 15 is 0 Å². The first-order valence-corrected chi connectivity index (χ1v) is 26.1. The van der Waals surface area contributed by atoms with Gasteiger partial charge in [-0.15, -0.1) is 0 Å². The van der Waals surface area contributed by atoms with E-state index in [1.807, 2.05) is 12.1 Å². The summed E-state index contributed by atoms with van der Waals surface area (Å²) in [5.74, 6) is 0. The molecule has 12 aromatic carbocycles. The summed E-state index contributed by atoms with van der Waals surface area (Å²) in [4.78, 5) is 0. The lowest BCUT2D eigenvalue weighted by atomic mass is 9.81. The van der Waals surface area contributed by atoms with Crippen LogP contribution < -0.4 is 5.46 Å². The molecular weight excluding hydrogens is 1010 g/mol. The van der Waals surface area contributed by atoms with Crippen LogP contribution in [-0.2, 0) is 0 Å². The highest BCUT2D eigenvalue weighted by Crippen LogP contribution is 2.57. The summed E-state index contributed by atoms with van der Waals surface area (Å²) < 4.78 is 1.15. The minimum absolute atomic E-state index is 0.449. The smallest absolute Gasteiger partial charge is 0.423 e. The monoisotopic (exact) mass is 1050 g/mol. The van der Waals surface area contributed by atoms with Crippen molar-refractivity contribution in [3.8, 4) is 100 Å². The lowest BCUT2D eigenvalue weighted by Gasteiger charge is -2.15. The van der Waals surface area contributed by atoms with Crippen molar-refractivity contribution in [3.05, 3.63) is 269 Å². The summed E-state index contributed by atoms with van der Waals surface area (Å²) in [5, 5.41) is 23.8. The van der Waals surface area contributed by atoms with Gasteiger partial charge in [-0.25, -0.2) is 0 Å². The van der Waals surface area contributed by atoms with E-state index in [1.54, 1.807) is 24.3 Å². The SMILES string of the molecule is Brc1ccc2c3c(cccc13)-c1c(-c3ccccc3)ccc(-c3ccccc3)c1-2.Clc1ccc(-c2ccc3c4c(cccc24)-c2c(-c4ccccc4)ccc(-c4ccccc4)c2-3)cc1.OB(O)c1ccc(Cl)cc1. The van der Waals surface area contributed by atoms with Gasteiger partial charge < -0.3 is 10.0 Å². The topological polar surface area (TPSA) is 40.5 Å². The van der Waals surface area contributed by atoms with Gasteiger partial charge in [-0.2, -0.15) is 0 Å². The van der Waals surface area contributed by atoms with Crippen LogP contribution in [0.25, 0.3) is 122 Å². The van der Waals surface area contributed by atoms with Gasteiger partial charge in [0, 0.05) is 14.5 Å². The normalized spacial score (nSPS) is 11.3. The highest BCUT2D eigenvalue weighted by Gasteiger charge is 2.30. The average Bonchev–Trinajstić information content (AvgIpc) is 3.99. The number of halogens is 3. The van der Waals surface area contributed by atoms with Gasteiger partial charge in [0.15, 0.2) is 0 Å². The van der Waals surface area contributed by atoms with Crippen molar-refractivity contribution in [2.24, 2.45) is 0 Å². The largest absolute Gasteiger partial charge is 0.488 e. The second-order valence-corrected chi connectivity index (χ2v) is 20.2. The molecule has 0 heterocycles. The summed E-state index contributed by atoms with van der Waals surface area (Å²) in [6.07, 6.45) is 0. The molecule has 352 valence electrons. The van der Waals surface area contributed by atoms with Crippen molar-refractivity contribution in [1.82, 2.24) is 0 Å². The average molecular weight is 1050 g/mol. The Labute approximate surface area is 449 Å². The molecule has 2 aliphatic carbocycles. The molecule has 2 nitrogen and oxygen atoms in total. The Balaban J connectivity index is 0.000000128. The summed E-state index contributed by atoms with van der Waals surface area (Å²) in [5.41, 5.74) is 23.6. The molecular formula is C68H44BBrCl2O2. The molecule has 0 fully saturated rings. The highest BCUT2D eigenvalue weighted by molar-refractivity contribution is 9.10. The van der Waals surface area contributed by atoms with Gasteiger partial charge in [0.05, 0.1) is 0 Å². The number of rotatable bonds is 6. The van der Waals surface area contributed by atoms with E-state index in [4.69, 9.17) is 33.2 Å². The van der Waals surface area contributed by atoms with Crippen LogP contribution in [0.3, 0.4) is 0 Å². The molecule has 12 aromatic rings. The maximum absolute atomic E-state index is 8.63. The molecule has 0 unspecified atom stereocenters.